The Bertz CT molecular complexity index is 405. The largest absolute Gasteiger partial charge is 0.491 e. The van der Waals surface area contributed by atoms with Gasteiger partial charge in [0.2, 0.25) is 5.91 Å². The van der Waals surface area contributed by atoms with Gasteiger partial charge in [-0.05, 0) is 19.1 Å². The Morgan fingerprint density at radius 3 is 2.78 bits per heavy atom. The predicted octanol–water partition coefficient (Wildman–Crippen LogP) is 1.24. The molecule has 0 saturated carbocycles. The summed E-state index contributed by atoms with van der Waals surface area (Å²) >= 11 is 0. The van der Waals surface area contributed by atoms with Crippen LogP contribution in [-0.2, 0) is 4.79 Å². The van der Waals surface area contributed by atoms with E-state index in [0.29, 0.717) is 31.0 Å². The molecule has 0 spiro atoms. The summed E-state index contributed by atoms with van der Waals surface area (Å²) in [6, 6.07) is 5.59. The number of nitrogens with one attached hydrogen (secondary N) is 1. The summed E-state index contributed by atoms with van der Waals surface area (Å²) in [4.78, 5) is 13.2. The molecule has 1 aromatic carbocycles. The number of nitrogen functional groups attached to an aromatic ring is 1. The van der Waals surface area contributed by atoms with Gasteiger partial charge in [0.25, 0.3) is 0 Å². The van der Waals surface area contributed by atoms with Gasteiger partial charge in [-0.1, -0.05) is 0 Å². The third-order valence-corrected chi connectivity index (χ3v) is 2.47. The molecule has 0 radical (unpaired) electrons. The lowest BCUT2D eigenvalue weighted by molar-refractivity contribution is -0.121. The van der Waals surface area contributed by atoms with Crippen LogP contribution in [0.4, 0.5) is 11.4 Å². The number of nitrogens with zero attached hydrogens (tertiary/aromatic N) is 1. The zero-order chi connectivity index (χ0) is 13.5. The van der Waals surface area contributed by atoms with Crippen molar-refractivity contribution in [3.05, 3.63) is 18.2 Å². The standard InChI is InChI=1S/C13H21N3O2/c1-4-15-13(17)7-8-18-12-9-10(16(2)3)5-6-11(12)14/h5-6,9H,4,7-8,14H2,1-3H3,(H,15,17). The van der Waals surface area contributed by atoms with Crippen molar-refractivity contribution in [3.63, 3.8) is 0 Å². The van der Waals surface area contributed by atoms with Gasteiger partial charge >= 0.3 is 0 Å². The number of rotatable bonds is 6. The number of hydrogen-bond acceptors (Lipinski definition) is 4. The number of carbonyl (C=O) groups excluding carboxylic acids is 1. The zero-order valence-electron chi connectivity index (χ0n) is 11.2. The molecule has 0 atom stereocenters. The minimum Gasteiger partial charge on any atom is -0.491 e. The molecule has 0 aliphatic carbocycles. The van der Waals surface area contributed by atoms with Crippen LogP contribution >= 0.6 is 0 Å². The van der Waals surface area contributed by atoms with Crippen molar-refractivity contribution in [2.24, 2.45) is 0 Å². The molecule has 18 heavy (non-hydrogen) atoms. The van der Waals surface area contributed by atoms with Crippen molar-refractivity contribution in [1.82, 2.24) is 5.32 Å². The Balaban J connectivity index is 2.56. The van der Waals surface area contributed by atoms with Gasteiger partial charge in [0.15, 0.2) is 0 Å². The fraction of sp³-hybridized carbons (Fsp3) is 0.462. The molecule has 1 rings (SSSR count). The van der Waals surface area contributed by atoms with E-state index in [2.05, 4.69) is 5.32 Å². The molecule has 3 N–H and O–H groups in total. The summed E-state index contributed by atoms with van der Waals surface area (Å²) in [6.45, 7) is 2.85. The van der Waals surface area contributed by atoms with Crippen molar-refractivity contribution < 1.29 is 9.53 Å². The quantitative estimate of drug-likeness (QED) is 0.746. The second-order valence-electron chi connectivity index (χ2n) is 4.17. The second-order valence-corrected chi connectivity index (χ2v) is 4.17. The lowest BCUT2D eigenvalue weighted by Gasteiger charge is -2.15. The number of hydrogen-bond donors (Lipinski definition) is 2. The molecule has 0 aliphatic heterocycles. The van der Waals surface area contributed by atoms with Crippen LogP contribution in [0.2, 0.25) is 0 Å². The van der Waals surface area contributed by atoms with E-state index < -0.39 is 0 Å². The van der Waals surface area contributed by atoms with Gasteiger partial charge in [-0.15, -0.1) is 0 Å². The summed E-state index contributed by atoms with van der Waals surface area (Å²) in [6.07, 6.45) is 0.333. The van der Waals surface area contributed by atoms with Gasteiger partial charge in [0, 0.05) is 32.4 Å². The second kappa shape index (κ2) is 6.74. The molecule has 0 bridgehead atoms. The van der Waals surface area contributed by atoms with E-state index in [4.69, 9.17) is 10.5 Å². The molecule has 0 aromatic heterocycles. The molecule has 100 valence electrons. The molecule has 1 amide bonds. The molecule has 0 heterocycles. The van der Waals surface area contributed by atoms with E-state index >= 15 is 0 Å². The van der Waals surface area contributed by atoms with Crippen LogP contribution in [0.15, 0.2) is 18.2 Å². The van der Waals surface area contributed by atoms with E-state index in [9.17, 15) is 4.79 Å². The molecule has 5 nitrogen and oxygen atoms in total. The van der Waals surface area contributed by atoms with Crippen LogP contribution in [0.3, 0.4) is 0 Å². The maximum absolute atomic E-state index is 11.3. The van der Waals surface area contributed by atoms with Crippen LogP contribution in [0, 0.1) is 0 Å². The van der Waals surface area contributed by atoms with Crippen molar-refractivity contribution >= 4 is 17.3 Å². The maximum Gasteiger partial charge on any atom is 0.223 e. The first-order chi connectivity index (χ1) is 8.54. The summed E-state index contributed by atoms with van der Waals surface area (Å²) in [5.74, 6) is 0.602. The topological polar surface area (TPSA) is 67.6 Å². The molecule has 0 unspecified atom stereocenters. The molecule has 0 aliphatic rings. The van der Waals surface area contributed by atoms with Gasteiger partial charge < -0.3 is 20.7 Å². The van der Waals surface area contributed by atoms with Crippen LogP contribution in [-0.4, -0.2) is 33.2 Å². The number of anilines is 2. The smallest absolute Gasteiger partial charge is 0.223 e. The van der Waals surface area contributed by atoms with E-state index in [0.717, 1.165) is 5.69 Å². The first-order valence-electron chi connectivity index (χ1n) is 6.01. The molecule has 0 saturated heterocycles. The monoisotopic (exact) mass is 251 g/mol. The van der Waals surface area contributed by atoms with E-state index in [1.807, 2.05) is 38.1 Å². The van der Waals surface area contributed by atoms with Gasteiger partial charge in [0.05, 0.1) is 18.7 Å². The van der Waals surface area contributed by atoms with E-state index in [1.54, 1.807) is 6.07 Å². The summed E-state index contributed by atoms with van der Waals surface area (Å²) in [7, 11) is 3.90. The average Bonchev–Trinajstić information content (AvgIpc) is 2.31. The molecule has 1 aromatic rings. The number of amides is 1. The Hall–Kier alpha value is -1.91. The number of nitrogens with two attached hydrogens (primary N) is 1. The number of benzene rings is 1. The minimum absolute atomic E-state index is 0.0140. The highest BCUT2D eigenvalue weighted by molar-refractivity contribution is 5.76. The van der Waals surface area contributed by atoms with Crippen molar-refractivity contribution in [1.29, 1.82) is 0 Å². The molecular formula is C13H21N3O2. The van der Waals surface area contributed by atoms with Gasteiger partial charge in [-0.2, -0.15) is 0 Å². The van der Waals surface area contributed by atoms with E-state index in [1.165, 1.54) is 0 Å². The van der Waals surface area contributed by atoms with E-state index in [-0.39, 0.29) is 5.91 Å². The zero-order valence-corrected chi connectivity index (χ0v) is 11.2. The third kappa shape index (κ3) is 4.16. The van der Waals surface area contributed by atoms with Crippen LogP contribution in [0.1, 0.15) is 13.3 Å². The fourth-order valence-corrected chi connectivity index (χ4v) is 1.47. The van der Waals surface area contributed by atoms with Gasteiger partial charge in [0.1, 0.15) is 5.75 Å². The highest BCUT2D eigenvalue weighted by Crippen LogP contribution is 2.26. The van der Waals surface area contributed by atoms with Crippen LogP contribution in [0.25, 0.3) is 0 Å². The minimum atomic E-state index is -0.0140. The van der Waals surface area contributed by atoms with Crippen LogP contribution < -0.4 is 20.7 Å². The molecule has 0 fully saturated rings. The Kier molecular flexibility index (Phi) is 5.30. The summed E-state index contributed by atoms with van der Waals surface area (Å²) < 4.78 is 5.53. The summed E-state index contributed by atoms with van der Waals surface area (Å²) in [5.41, 5.74) is 7.41. The Morgan fingerprint density at radius 1 is 1.44 bits per heavy atom. The van der Waals surface area contributed by atoms with Gasteiger partial charge in [-0.3, -0.25) is 4.79 Å². The van der Waals surface area contributed by atoms with Crippen molar-refractivity contribution in [3.8, 4) is 5.75 Å². The van der Waals surface area contributed by atoms with Crippen molar-refractivity contribution in [2.45, 2.75) is 13.3 Å². The normalized spacial score (nSPS) is 9.94. The van der Waals surface area contributed by atoms with Crippen LogP contribution in [0.5, 0.6) is 5.75 Å². The van der Waals surface area contributed by atoms with Gasteiger partial charge in [-0.25, -0.2) is 0 Å². The average molecular weight is 251 g/mol. The third-order valence-electron chi connectivity index (χ3n) is 2.47. The lowest BCUT2D eigenvalue weighted by atomic mass is 10.2. The molecule has 5 heteroatoms. The fourth-order valence-electron chi connectivity index (χ4n) is 1.47. The number of carbonyl (C=O) groups is 1. The first kappa shape index (κ1) is 14.2. The summed E-state index contributed by atoms with van der Waals surface area (Å²) in [5, 5.41) is 2.72. The first-order valence-corrected chi connectivity index (χ1v) is 6.01. The Labute approximate surface area is 108 Å². The predicted molar refractivity (Wildman–Crippen MR) is 74.0 cm³/mol. The highest BCUT2D eigenvalue weighted by atomic mass is 16.5. The maximum atomic E-state index is 11.3. The lowest BCUT2D eigenvalue weighted by Crippen LogP contribution is -2.24. The highest BCUT2D eigenvalue weighted by Gasteiger charge is 2.05. The van der Waals surface area contributed by atoms with Crippen molar-refractivity contribution in [2.75, 3.05) is 37.9 Å². The number of ether oxygens (including phenoxy) is 1. The Morgan fingerprint density at radius 2 is 2.17 bits per heavy atom. The SMILES string of the molecule is CCNC(=O)CCOc1cc(N(C)C)ccc1N. The molecular weight excluding hydrogens is 230 g/mol.